The van der Waals surface area contributed by atoms with Gasteiger partial charge in [0.1, 0.15) is 17.0 Å². The molecule has 2 heterocycles. The molecule has 0 bridgehead atoms. The van der Waals surface area contributed by atoms with E-state index in [1.807, 2.05) is 30.3 Å². The molecule has 138 valence electrons. The van der Waals surface area contributed by atoms with Crippen LogP contribution in [0.15, 0.2) is 58.4 Å². The van der Waals surface area contributed by atoms with Crippen molar-refractivity contribution in [3.8, 4) is 0 Å². The summed E-state index contributed by atoms with van der Waals surface area (Å²) in [6.45, 7) is 0. The number of hydrogen-bond donors (Lipinski definition) is 1. The van der Waals surface area contributed by atoms with Crippen molar-refractivity contribution in [2.24, 2.45) is 4.99 Å². The third kappa shape index (κ3) is 4.03. The highest BCUT2D eigenvalue weighted by Gasteiger charge is 2.14. The summed E-state index contributed by atoms with van der Waals surface area (Å²) in [6, 6.07) is 13.1. The van der Waals surface area contributed by atoms with Crippen molar-refractivity contribution in [1.82, 2.24) is 9.38 Å². The van der Waals surface area contributed by atoms with Gasteiger partial charge in [-0.3, -0.25) is 14.2 Å². The van der Waals surface area contributed by atoms with Crippen molar-refractivity contribution in [3.63, 3.8) is 0 Å². The fourth-order valence-electron chi connectivity index (χ4n) is 3.43. The van der Waals surface area contributed by atoms with Gasteiger partial charge in [0.05, 0.1) is 0 Å². The van der Waals surface area contributed by atoms with Crippen LogP contribution in [0, 0.1) is 0 Å². The van der Waals surface area contributed by atoms with Crippen molar-refractivity contribution < 1.29 is 0 Å². The Morgan fingerprint density at radius 3 is 2.81 bits per heavy atom. The molecule has 0 amide bonds. The zero-order valence-electron chi connectivity index (χ0n) is 14.9. The van der Waals surface area contributed by atoms with E-state index < -0.39 is 0 Å². The molecular weight excluding hydrogens is 360 g/mol. The number of anilines is 2. The average Bonchev–Trinajstić information content (AvgIpc) is 2.69. The molecule has 1 aliphatic carbocycles. The molecule has 0 radical (unpaired) electrons. The van der Waals surface area contributed by atoms with Gasteiger partial charge in [-0.25, -0.2) is 4.98 Å². The van der Waals surface area contributed by atoms with E-state index in [2.05, 4.69) is 10.3 Å². The second-order valence-electron chi connectivity index (χ2n) is 6.81. The highest BCUT2D eigenvalue weighted by molar-refractivity contribution is 6.30. The molecule has 5 nitrogen and oxygen atoms in total. The van der Waals surface area contributed by atoms with Crippen LogP contribution in [0.4, 0.5) is 11.5 Å². The number of aliphatic imine (C=N–C) groups is 1. The van der Waals surface area contributed by atoms with Gasteiger partial charge in [-0.15, -0.1) is 0 Å². The van der Waals surface area contributed by atoms with Gasteiger partial charge >= 0.3 is 0 Å². The van der Waals surface area contributed by atoms with Crippen LogP contribution in [0.25, 0.3) is 5.65 Å². The summed E-state index contributed by atoms with van der Waals surface area (Å²) in [7, 11) is 0. The lowest BCUT2D eigenvalue weighted by atomic mass is 9.96. The van der Waals surface area contributed by atoms with Crippen molar-refractivity contribution >= 4 is 35.0 Å². The van der Waals surface area contributed by atoms with Gasteiger partial charge in [-0.05, 0) is 43.2 Å². The van der Waals surface area contributed by atoms with Gasteiger partial charge in [0.2, 0.25) is 0 Å². The lowest BCUT2D eigenvalue weighted by Crippen LogP contribution is -2.22. The summed E-state index contributed by atoms with van der Waals surface area (Å²) < 4.78 is 1.55. The molecule has 3 aromatic rings. The molecule has 6 heteroatoms. The maximum absolute atomic E-state index is 13.0. The first-order valence-electron chi connectivity index (χ1n) is 9.28. The van der Waals surface area contributed by atoms with E-state index in [0.29, 0.717) is 22.1 Å². The quantitative estimate of drug-likeness (QED) is 0.658. The molecule has 4 rings (SSSR count). The van der Waals surface area contributed by atoms with Crippen molar-refractivity contribution in [2.45, 2.75) is 38.1 Å². The Hall–Kier alpha value is -2.66. The van der Waals surface area contributed by atoms with Gasteiger partial charge in [-0.2, -0.15) is 0 Å². The number of aromatic nitrogens is 2. The van der Waals surface area contributed by atoms with Crippen LogP contribution in [-0.4, -0.2) is 21.6 Å². The second-order valence-corrected chi connectivity index (χ2v) is 7.25. The fraction of sp³-hybridized carbons (Fsp3) is 0.286. The highest BCUT2D eigenvalue weighted by Crippen LogP contribution is 2.22. The van der Waals surface area contributed by atoms with E-state index in [1.165, 1.54) is 19.3 Å². The number of benzene rings is 1. The molecule has 2 aromatic heterocycles. The van der Waals surface area contributed by atoms with E-state index >= 15 is 0 Å². The Bertz CT molecular complexity index is 1040. The van der Waals surface area contributed by atoms with Gasteiger partial charge < -0.3 is 5.32 Å². The third-order valence-corrected chi connectivity index (χ3v) is 5.08. The summed E-state index contributed by atoms with van der Waals surface area (Å²) in [4.78, 5) is 22.4. The van der Waals surface area contributed by atoms with Crippen LogP contribution in [0.2, 0.25) is 5.02 Å². The van der Waals surface area contributed by atoms with Crippen LogP contribution in [0.1, 0.15) is 37.7 Å². The van der Waals surface area contributed by atoms with E-state index in [9.17, 15) is 4.79 Å². The first kappa shape index (κ1) is 17.7. The molecule has 0 unspecified atom stereocenters. The standard InChI is InChI=1S/C21H21ClN4O/c22-15-7-6-10-17(13-15)24-20-18(14-23-16-8-2-1-3-9-16)21(27)26-12-5-4-11-19(26)25-20/h4-7,10-14,16,24H,1-3,8-9H2/b23-14+. The minimum Gasteiger partial charge on any atom is -0.339 e. The Balaban J connectivity index is 1.77. The number of nitrogens with one attached hydrogen (secondary N) is 1. The molecule has 0 saturated heterocycles. The lowest BCUT2D eigenvalue weighted by Gasteiger charge is -2.17. The summed E-state index contributed by atoms with van der Waals surface area (Å²) in [5, 5.41) is 3.85. The largest absolute Gasteiger partial charge is 0.339 e. The first-order valence-corrected chi connectivity index (χ1v) is 9.66. The smallest absolute Gasteiger partial charge is 0.268 e. The van der Waals surface area contributed by atoms with Crippen molar-refractivity contribution in [1.29, 1.82) is 0 Å². The maximum atomic E-state index is 13.0. The van der Waals surface area contributed by atoms with E-state index in [1.54, 1.807) is 28.9 Å². The summed E-state index contributed by atoms with van der Waals surface area (Å²) in [5.74, 6) is 0.494. The van der Waals surface area contributed by atoms with Crippen LogP contribution < -0.4 is 10.9 Å². The molecular formula is C21H21ClN4O. The molecule has 1 N–H and O–H groups in total. The molecule has 1 aliphatic rings. The van der Waals surface area contributed by atoms with Crippen LogP contribution in [0.3, 0.4) is 0 Å². The molecule has 0 atom stereocenters. The monoisotopic (exact) mass is 380 g/mol. The van der Waals surface area contributed by atoms with Crippen molar-refractivity contribution in [3.05, 3.63) is 69.6 Å². The van der Waals surface area contributed by atoms with Crippen LogP contribution in [0.5, 0.6) is 0 Å². The molecule has 1 fully saturated rings. The Labute approximate surface area is 162 Å². The normalized spacial score (nSPS) is 15.4. The summed E-state index contributed by atoms with van der Waals surface area (Å²) in [5.41, 5.74) is 1.69. The van der Waals surface area contributed by atoms with Gasteiger partial charge in [-0.1, -0.05) is 43.0 Å². The van der Waals surface area contributed by atoms with Gasteiger partial charge in [0, 0.05) is 29.2 Å². The lowest BCUT2D eigenvalue weighted by molar-refractivity contribution is 0.444. The van der Waals surface area contributed by atoms with Crippen LogP contribution >= 0.6 is 11.6 Å². The Kier molecular flexibility index (Phi) is 5.21. The molecule has 27 heavy (non-hydrogen) atoms. The molecule has 1 saturated carbocycles. The summed E-state index contributed by atoms with van der Waals surface area (Å²) in [6.07, 6.45) is 9.25. The number of halogens is 1. The summed E-state index contributed by atoms with van der Waals surface area (Å²) >= 11 is 6.09. The number of rotatable bonds is 4. The predicted molar refractivity (Wildman–Crippen MR) is 111 cm³/mol. The fourth-order valence-corrected chi connectivity index (χ4v) is 3.62. The SMILES string of the molecule is O=c1c(/C=N/C2CCCCC2)c(Nc2cccc(Cl)c2)nc2ccccn12. The zero-order valence-corrected chi connectivity index (χ0v) is 15.7. The van der Waals surface area contributed by atoms with E-state index in [0.717, 1.165) is 18.5 Å². The number of pyridine rings is 1. The third-order valence-electron chi connectivity index (χ3n) is 4.85. The predicted octanol–water partition coefficient (Wildman–Crippen LogP) is 4.84. The minimum atomic E-state index is -0.135. The first-order chi connectivity index (χ1) is 13.2. The second kappa shape index (κ2) is 7.92. The Morgan fingerprint density at radius 2 is 2.00 bits per heavy atom. The topological polar surface area (TPSA) is 58.8 Å². The van der Waals surface area contributed by atoms with Crippen LogP contribution in [-0.2, 0) is 0 Å². The zero-order chi connectivity index (χ0) is 18.6. The van der Waals surface area contributed by atoms with E-state index in [-0.39, 0.29) is 11.6 Å². The Morgan fingerprint density at radius 1 is 1.15 bits per heavy atom. The number of fused-ring (bicyclic) bond motifs is 1. The van der Waals surface area contributed by atoms with Gasteiger partial charge in [0.15, 0.2) is 0 Å². The van der Waals surface area contributed by atoms with E-state index in [4.69, 9.17) is 16.6 Å². The number of hydrogen-bond acceptors (Lipinski definition) is 4. The minimum absolute atomic E-state index is 0.135. The highest BCUT2D eigenvalue weighted by atomic mass is 35.5. The molecule has 0 spiro atoms. The maximum Gasteiger partial charge on any atom is 0.268 e. The molecule has 1 aromatic carbocycles. The molecule has 0 aliphatic heterocycles. The number of nitrogens with zero attached hydrogens (tertiary/aromatic N) is 3. The average molecular weight is 381 g/mol. The van der Waals surface area contributed by atoms with Gasteiger partial charge in [0.25, 0.3) is 5.56 Å². The van der Waals surface area contributed by atoms with Crippen molar-refractivity contribution in [2.75, 3.05) is 5.32 Å².